The van der Waals surface area contributed by atoms with E-state index < -0.39 is 11.6 Å². The minimum Gasteiger partial charge on any atom is -0.307 e. The Bertz CT molecular complexity index is 1630. The molecule has 2 bridgehead atoms. The number of amides is 3. The lowest BCUT2D eigenvalue weighted by Gasteiger charge is -2.51. The van der Waals surface area contributed by atoms with Crippen molar-refractivity contribution in [3.63, 3.8) is 0 Å². The number of urea groups is 1. The molecule has 174 valence electrons. The van der Waals surface area contributed by atoms with E-state index in [9.17, 15) is 9.59 Å². The number of nitrogens with one attached hydrogen (secondary N) is 1. The van der Waals surface area contributed by atoms with Crippen LogP contribution in [0.2, 0.25) is 0 Å². The molecule has 0 aromatic heterocycles. The van der Waals surface area contributed by atoms with Gasteiger partial charge in [0.25, 0.3) is 5.91 Å². The number of hydrogen-bond donors (Lipinski definition) is 1. The van der Waals surface area contributed by atoms with Crippen molar-refractivity contribution in [3.8, 4) is 0 Å². The number of nitrogens with zero attached hydrogens (tertiary/aromatic N) is 1. The summed E-state index contributed by atoms with van der Waals surface area (Å²) in [5.74, 6) is -0.139. The van der Waals surface area contributed by atoms with Crippen molar-refractivity contribution in [2.24, 2.45) is 0 Å². The van der Waals surface area contributed by atoms with Crippen LogP contribution in [0.15, 0.2) is 120 Å². The molecule has 0 fully saturated rings. The first-order chi connectivity index (χ1) is 17.6. The van der Waals surface area contributed by atoms with Crippen LogP contribution in [0.3, 0.4) is 0 Å². The number of rotatable bonds is 2. The SMILES string of the molecule is CC1=C2[C@@H](c3ccccc3)C3C=CC2(c2ccccc23)N(C(=O)Nc2cccc3ccccc23)C1=O. The lowest BCUT2D eigenvalue weighted by atomic mass is 9.57. The minimum atomic E-state index is -0.943. The van der Waals surface area contributed by atoms with Crippen LogP contribution in [-0.2, 0) is 10.3 Å². The fourth-order valence-electron chi connectivity index (χ4n) is 6.58. The third kappa shape index (κ3) is 2.64. The van der Waals surface area contributed by atoms with Crippen LogP contribution >= 0.6 is 0 Å². The summed E-state index contributed by atoms with van der Waals surface area (Å²) in [5, 5.41) is 5.05. The fourth-order valence-corrected chi connectivity index (χ4v) is 6.58. The Hall–Kier alpha value is -4.44. The van der Waals surface area contributed by atoms with Crippen molar-refractivity contribution < 1.29 is 9.59 Å². The zero-order valence-electron chi connectivity index (χ0n) is 19.8. The molecule has 3 amide bonds. The highest BCUT2D eigenvalue weighted by Gasteiger charge is 2.61. The number of fused-ring (bicyclic) bond motifs is 1. The van der Waals surface area contributed by atoms with Crippen LogP contribution in [0.25, 0.3) is 10.8 Å². The summed E-state index contributed by atoms with van der Waals surface area (Å²) >= 11 is 0. The Labute approximate surface area is 209 Å². The summed E-state index contributed by atoms with van der Waals surface area (Å²) in [5.41, 5.74) is 4.75. The molecule has 4 aromatic rings. The Morgan fingerprint density at radius 2 is 1.58 bits per heavy atom. The van der Waals surface area contributed by atoms with Gasteiger partial charge < -0.3 is 5.32 Å². The summed E-state index contributed by atoms with van der Waals surface area (Å²) in [6, 6.07) is 31.9. The first kappa shape index (κ1) is 20.9. The third-order valence-electron chi connectivity index (χ3n) is 8.03. The van der Waals surface area contributed by atoms with Crippen molar-refractivity contribution in [2.75, 3.05) is 5.32 Å². The molecule has 1 aliphatic heterocycles. The molecular formula is C32H24N2O2. The molecule has 3 aliphatic carbocycles. The molecule has 0 radical (unpaired) electrons. The summed E-state index contributed by atoms with van der Waals surface area (Å²) in [7, 11) is 0. The molecule has 1 N–H and O–H groups in total. The Balaban J connectivity index is 1.41. The second-order valence-electron chi connectivity index (χ2n) is 9.76. The molecule has 4 aromatic carbocycles. The Morgan fingerprint density at radius 3 is 2.44 bits per heavy atom. The van der Waals surface area contributed by atoms with E-state index in [2.05, 4.69) is 41.7 Å². The number of allylic oxidation sites excluding steroid dienone is 1. The number of anilines is 1. The van der Waals surface area contributed by atoms with Gasteiger partial charge in [0.15, 0.2) is 0 Å². The van der Waals surface area contributed by atoms with Crippen molar-refractivity contribution in [1.29, 1.82) is 0 Å². The van der Waals surface area contributed by atoms with Crippen LogP contribution in [0.1, 0.15) is 35.4 Å². The first-order valence-electron chi connectivity index (χ1n) is 12.3. The maximum atomic E-state index is 14.0. The molecule has 0 saturated heterocycles. The molecule has 36 heavy (non-hydrogen) atoms. The summed E-state index contributed by atoms with van der Waals surface area (Å²) in [4.78, 5) is 29.4. The molecular weight excluding hydrogens is 444 g/mol. The van der Waals surface area contributed by atoms with Gasteiger partial charge in [0, 0.05) is 22.8 Å². The molecule has 1 heterocycles. The minimum absolute atomic E-state index is 0.00888. The number of hydrogen-bond acceptors (Lipinski definition) is 2. The summed E-state index contributed by atoms with van der Waals surface area (Å²) in [6.45, 7) is 1.87. The van der Waals surface area contributed by atoms with Gasteiger partial charge in [-0.1, -0.05) is 103 Å². The number of carbonyl (C=O) groups is 2. The second kappa shape index (κ2) is 7.53. The van der Waals surface area contributed by atoms with Gasteiger partial charge in [-0.3, -0.25) is 4.79 Å². The average Bonchev–Trinajstić information content (AvgIpc) is 3.16. The van der Waals surface area contributed by atoms with Gasteiger partial charge in [0.2, 0.25) is 0 Å². The number of benzene rings is 4. The van der Waals surface area contributed by atoms with E-state index in [-0.39, 0.29) is 17.7 Å². The van der Waals surface area contributed by atoms with E-state index in [1.54, 1.807) is 0 Å². The highest BCUT2D eigenvalue weighted by Crippen LogP contribution is 2.63. The fraction of sp³-hybridized carbons (Fsp3) is 0.125. The standard InChI is InChI=1S/C32H24N2O2/c1-20-29-28(22-11-3-2-4-12-22)25-18-19-32(29,26-16-8-7-15-24(25)26)34(30(20)35)31(36)33-27-17-9-13-21-10-5-6-14-23(21)27/h2-19,25,28H,1H3,(H,33,36)/t25?,28-,32?/m0/s1. The van der Waals surface area contributed by atoms with Gasteiger partial charge >= 0.3 is 6.03 Å². The van der Waals surface area contributed by atoms with Crippen LogP contribution in [-0.4, -0.2) is 16.8 Å². The quantitative estimate of drug-likeness (QED) is 0.326. The molecule has 2 unspecified atom stereocenters. The largest absolute Gasteiger partial charge is 0.330 e. The highest BCUT2D eigenvalue weighted by atomic mass is 16.2. The maximum Gasteiger partial charge on any atom is 0.330 e. The van der Waals surface area contributed by atoms with Gasteiger partial charge in [-0.2, -0.15) is 0 Å². The highest BCUT2D eigenvalue weighted by molar-refractivity contribution is 6.14. The van der Waals surface area contributed by atoms with Crippen LogP contribution < -0.4 is 5.32 Å². The van der Waals surface area contributed by atoms with Gasteiger partial charge in [0.05, 0.1) is 5.69 Å². The zero-order valence-corrected chi connectivity index (χ0v) is 19.8. The van der Waals surface area contributed by atoms with Crippen LogP contribution in [0.4, 0.5) is 10.5 Å². The average molecular weight is 469 g/mol. The molecule has 4 nitrogen and oxygen atoms in total. The van der Waals surface area contributed by atoms with E-state index in [0.29, 0.717) is 11.3 Å². The maximum absolute atomic E-state index is 14.0. The second-order valence-corrected chi connectivity index (χ2v) is 9.76. The van der Waals surface area contributed by atoms with Crippen molar-refractivity contribution in [2.45, 2.75) is 24.3 Å². The Morgan fingerprint density at radius 1 is 0.861 bits per heavy atom. The van der Waals surface area contributed by atoms with Gasteiger partial charge in [-0.05, 0) is 40.6 Å². The van der Waals surface area contributed by atoms with Crippen LogP contribution in [0.5, 0.6) is 0 Å². The van der Waals surface area contributed by atoms with E-state index in [0.717, 1.165) is 27.5 Å². The van der Waals surface area contributed by atoms with Gasteiger partial charge in [-0.15, -0.1) is 0 Å². The lowest BCUT2D eigenvalue weighted by Crippen LogP contribution is -2.54. The van der Waals surface area contributed by atoms with E-state index in [1.165, 1.54) is 10.5 Å². The summed E-state index contributed by atoms with van der Waals surface area (Å²) < 4.78 is 0. The van der Waals surface area contributed by atoms with Crippen molar-refractivity contribution in [1.82, 2.24) is 4.90 Å². The summed E-state index contributed by atoms with van der Waals surface area (Å²) in [6.07, 6.45) is 4.26. The normalized spacial score (nSPS) is 23.7. The van der Waals surface area contributed by atoms with E-state index >= 15 is 0 Å². The monoisotopic (exact) mass is 468 g/mol. The number of imide groups is 1. The lowest BCUT2D eigenvalue weighted by molar-refractivity contribution is -0.125. The smallest absolute Gasteiger partial charge is 0.307 e. The predicted molar refractivity (Wildman–Crippen MR) is 142 cm³/mol. The topological polar surface area (TPSA) is 49.4 Å². The van der Waals surface area contributed by atoms with Gasteiger partial charge in [0.1, 0.15) is 5.54 Å². The van der Waals surface area contributed by atoms with E-state index in [1.807, 2.05) is 79.7 Å². The first-order valence-corrected chi connectivity index (χ1v) is 12.3. The third-order valence-corrected chi connectivity index (χ3v) is 8.03. The molecule has 1 spiro atoms. The predicted octanol–water partition coefficient (Wildman–Crippen LogP) is 6.88. The molecule has 8 rings (SSSR count). The Kier molecular flexibility index (Phi) is 4.37. The van der Waals surface area contributed by atoms with Crippen molar-refractivity contribution >= 4 is 28.4 Å². The molecule has 4 aliphatic rings. The van der Waals surface area contributed by atoms with E-state index in [4.69, 9.17) is 0 Å². The molecule has 3 atom stereocenters. The molecule has 0 saturated carbocycles. The number of carbonyl (C=O) groups excluding carboxylic acids is 2. The zero-order chi connectivity index (χ0) is 24.4. The van der Waals surface area contributed by atoms with Crippen molar-refractivity contribution in [3.05, 3.63) is 137 Å². The van der Waals surface area contributed by atoms with Gasteiger partial charge in [-0.25, -0.2) is 9.69 Å². The molecule has 4 heteroatoms. The van der Waals surface area contributed by atoms with Crippen LogP contribution in [0, 0.1) is 0 Å².